The molecule has 1 aliphatic rings. The van der Waals surface area contributed by atoms with Gasteiger partial charge in [0.05, 0.1) is 18.1 Å². The second-order valence-corrected chi connectivity index (χ2v) is 4.93. The van der Waals surface area contributed by atoms with Crippen LogP contribution in [0.1, 0.15) is 46.5 Å². The number of nitrogens with one attached hydrogen (secondary N) is 1. The Bertz CT molecular complexity index is 671. The van der Waals surface area contributed by atoms with E-state index >= 15 is 0 Å². The number of hydrogen-bond acceptors (Lipinski definition) is 5. The smallest absolute Gasteiger partial charge is 0.358 e. The maximum absolute atomic E-state index is 12.0. The van der Waals surface area contributed by atoms with Crippen LogP contribution in [0.2, 0.25) is 0 Å². The fourth-order valence-corrected chi connectivity index (χ4v) is 2.31. The SMILES string of the molecule is O=C(Nc1cn(C2CCCCO2)nc1C(=O)O)c1ccco1. The van der Waals surface area contributed by atoms with E-state index in [1.165, 1.54) is 23.2 Å². The predicted molar refractivity (Wildman–Crippen MR) is 74.7 cm³/mol. The second kappa shape index (κ2) is 6.02. The highest BCUT2D eigenvalue weighted by atomic mass is 16.5. The second-order valence-electron chi connectivity index (χ2n) is 4.93. The van der Waals surface area contributed by atoms with Gasteiger partial charge in [-0.15, -0.1) is 0 Å². The molecular weight excluding hydrogens is 290 g/mol. The van der Waals surface area contributed by atoms with E-state index in [0.717, 1.165) is 19.3 Å². The molecule has 8 heteroatoms. The summed E-state index contributed by atoms with van der Waals surface area (Å²) >= 11 is 0. The normalized spacial score (nSPS) is 18.1. The van der Waals surface area contributed by atoms with Crippen LogP contribution in [0.15, 0.2) is 29.0 Å². The van der Waals surface area contributed by atoms with Crippen LogP contribution < -0.4 is 5.32 Å². The van der Waals surface area contributed by atoms with Gasteiger partial charge in [0.2, 0.25) is 0 Å². The molecule has 0 bridgehead atoms. The Morgan fingerprint density at radius 3 is 2.91 bits per heavy atom. The van der Waals surface area contributed by atoms with Gasteiger partial charge in [-0.1, -0.05) is 0 Å². The molecule has 1 saturated heterocycles. The molecule has 1 atom stereocenters. The number of carboxylic acids is 1. The lowest BCUT2D eigenvalue weighted by Gasteiger charge is -2.22. The minimum absolute atomic E-state index is 0.0954. The van der Waals surface area contributed by atoms with Crippen LogP contribution in [0.3, 0.4) is 0 Å². The minimum atomic E-state index is -1.22. The van der Waals surface area contributed by atoms with Gasteiger partial charge in [-0.25, -0.2) is 9.48 Å². The summed E-state index contributed by atoms with van der Waals surface area (Å²) < 4.78 is 12.0. The number of rotatable bonds is 4. The molecule has 1 aliphatic heterocycles. The Morgan fingerprint density at radius 1 is 1.41 bits per heavy atom. The number of nitrogens with zero attached hydrogens (tertiary/aromatic N) is 2. The van der Waals surface area contributed by atoms with Gasteiger partial charge < -0.3 is 19.6 Å². The van der Waals surface area contributed by atoms with Crippen molar-refractivity contribution >= 4 is 17.6 Å². The summed E-state index contributed by atoms with van der Waals surface area (Å²) in [6, 6.07) is 3.07. The molecule has 2 N–H and O–H groups in total. The monoisotopic (exact) mass is 305 g/mol. The topological polar surface area (TPSA) is 107 Å². The molecule has 22 heavy (non-hydrogen) atoms. The van der Waals surface area contributed by atoms with Crippen molar-refractivity contribution in [1.82, 2.24) is 9.78 Å². The van der Waals surface area contributed by atoms with Crippen molar-refractivity contribution in [3.63, 3.8) is 0 Å². The van der Waals surface area contributed by atoms with Crippen LogP contribution >= 0.6 is 0 Å². The van der Waals surface area contributed by atoms with Gasteiger partial charge >= 0.3 is 5.97 Å². The van der Waals surface area contributed by atoms with Gasteiger partial charge in [-0.2, -0.15) is 5.10 Å². The number of carbonyl (C=O) groups is 2. The highest BCUT2D eigenvalue weighted by Crippen LogP contribution is 2.25. The van der Waals surface area contributed by atoms with E-state index in [0.29, 0.717) is 6.61 Å². The van der Waals surface area contributed by atoms with Crippen molar-refractivity contribution in [1.29, 1.82) is 0 Å². The first-order chi connectivity index (χ1) is 10.6. The van der Waals surface area contributed by atoms with Crippen LogP contribution in [-0.4, -0.2) is 33.4 Å². The Morgan fingerprint density at radius 2 is 2.27 bits per heavy atom. The number of anilines is 1. The summed E-state index contributed by atoms with van der Waals surface area (Å²) in [4.78, 5) is 23.3. The highest BCUT2D eigenvalue weighted by Gasteiger charge is 2.23. The molecule has 116 valence electrons. The van der Waals surface area contributed by atoms with Crippen LogP contribution in [-0.2, 0) is 4.74 Å². The third-order valence-electron chi connectivity index (χ3n) is 3.38. The zero-order valence-corrected chi connectivity index (χ0v) is 11.7. The molecular formula is C14H15N3O5. The number of hydrogen-bond donors (Lipinski definition) is 2. The first-order valence-electron chi connectivity index (χ1n) is 6.94. The Hall–Kier alpha value is -2.61. The third kappa shape index (κ3) is 2.86. The van der Waals surface area contributed by atoms with E-state index in [9.17, 15) is 14.7 Å². The molecule has 1 amide bonds. The summed E-state index contributed by atoms with van der Waals surface area (Å²) in [6.07, 6.45) is 5.26. The number of furan rings is 1. The summed E-state index contributed by atoms with van der Waals surface area (Å²) in [5, 5.41) is 15.7. The van der Waals surface area contributed by atoms with Crippen LogP contribution in [0.5, 0.6) is 0 Å². The number of carbonyl (C=O) groups excluding carboxylic acids is 1. The fourth-order valence-electron chi connectivity index (χ4n) is 2.31. The number of aromatic carboxylic acids is 1. The number of carboxylic acid groups (broad SMARTS) is 1. The van der Waals surface area contributed by atoms with Gasteiger partial charge in [0.1, 0.15) is 6.23 Å². The quantitative estimate of drug-likeness (QED) is 0.896. The summed E-state index contributed by atoms with van der Waals surface area (Å²) in [7, 11) is 0. The van der Waals surface area contributed by atoms with Crippen molar-refractivity contribution in [2.75, 3.05) is 11.9 Å². The Labute approximate surface area is 125 Å². The first kappa shape index (κ1) is 14.3. The van der Waals surface area contributed by atoms with E-state index in [1.807, 2.05) is 0 Å². The van der Waals surface area contributed by atoms with E-state index in [-0.39, 0.29) is 23.4 Å². The molecule has 1 unspecified atom stereocenters. The molecule has 3 heterocycles. The lowest BCUT2D eigenvalue weighted by atomic mass is 10.2. The van der Waals surface area contributed by atoms with Crippen molar-refractivity contribution in [3.05, 3.63) is 36.0 Å². The highest BCUT2D eigenvalue weighted by molar-refractivity contribution is 6.05. The standard InChI is InChI=1S/C14H15N3O5/c18-13(10-4-3-7-21-10)15-9-8-17(16-12(9)14(19)20)11-5-1-2-6-22-11/h3-4,7-8,11H,1-2,5-6H2,(H,15,18)(H,19,20). The molecule has 8 nitrogen and oxygen atoms in total. The van der Waals surface area contributed by atoms with Crippen LogP contribution in [0.4, 0.5) is 5.69 Å². The molecule has 2 aromatic rings. The molecule has 2 aromatic heterocycles. The van der Waals surface area contributed by atoms with Gasteiger partial charge in [0.15, 0.2) is 11.5 Å². The largest absolute Gasteiger partial charge is 0.476 e. The Kier molecular flexibility index (Phi) is 3.92. The number of ether oxygens (including phenoxy) is 1. The lowest BCUT2D eigenvalue weighted by molar-refractivity contribution is -0.0396. The first-order valence-corrected chi connectivity index (χ1v) is 6.94. The average Bonchev–Trinajstić information content (AvgIpc) is 3.17. The molecule has 0 spiro atoms. The fraction of sp³-hybridized carbons (Fsp3) is 0.357. The van der Waals surface area contributed by atoms with E-state index < -0.39 is 11.9 Å². The van der Waals surface area contributed by atoms with Crippen molar-refractivity contribution in [3.8, 4) is 0 Å². The summed E-state index contributed by atoms with van der Waals surface area (Å²) in [6.45, 7) is 0.612. The van der Waals surface area contributed by atoms with Gasteiger partial charge in [0, 0.05) is 6.61 Å². The van der Waals surface area contributed by atoms with E-state index in [1.54, 1.807) is 6.07 Å². The van der Waals surface area contributed by atoms with Crippen molar-refractivity contribution in [2.24, 2.45) is 0 Å². The zero-order valence-electron chi connectivity index (χ0n) is 11.7. The van der Waals surface area contributed by atoms with Crippen molar-refractivity contribution < 1.29 is 23.8 Å². The predicted octanol–water partition coefficient (Wildman–Crippen LogP) is 2.13. The maximum Gasteiger partial charge on any atom is 0.358 e. The third-order valence-corrected chi connectivity index (χ3v) is 3.38. The minimum Gasteiger partial charge on any atom is -0.476 e. The molecule has 0 aliphatic carbocycles. The molecule has 1 fully saturated rings. The van der Waals surface area contributed by atoms with Crippen molar-refractivity contribution in [2.45, 2.75) is 25.5 Å². The van der Waals surface area contributed by atoms with Gasteiger partial charge in [-0.3, -0.25) is 4.79 Å². The molecule has 0 saturated carbocycles. The molecule has 0 radical (unpaired) electrons. The summed E-state index contributed by atoms with van der Waals surface area (Å²) in [5.41, 5.74) is -0.114. The Balaban J connectivity index is 1.84. The lowest BCUT2D eigenvalue weighted by Crippen LogP contribution is -2.19. The van der Waals surface area contributed by atoms with Crippen LogP contribution in [0.25, 0.3) is 0 Å². The van der Waals surface area contributed by atoms with Crippen LogP contribution in [0, 0.1) is 0 Å². The molecule has 0 aromatic carbocycles. The van der Waals surface area contributed by atoms with Gasteiger partial charge in [-0.05, 0) is 31.4 Å². The zero-order chi connectivity index (χ0) is 15.5. The number of aromatic nitrogens is 2. The summed E-state index contributed by atoms with van der Waals surface area (Å²) in [5.74, 6) is -1.65. The van der Waals surface area contributed by atoms with E-state index in [4.69, 9.17) is 9.15 Å². The van der Waals surface area contributed by atoms with E-state index in [2.05, 4.69) is 10.4 Å². The molecule has 3 rings (SSSR count). The number of amides is 1. The van der Waals surface area contributed by atoms with Gasteiger partial charge in [0.25, 0.3) is 5.91 Å². The maximum atomic E-state index is 12.0. The average molecular weight is 305 g/mol.